The molecule has 1 saturated carbocycles. The molecule has 20 heavy (non-hydrogen) atoms. The van der Waals surface area contributed by atoms with Gasteiger partial charge in [0, 0.05) is 0 Å². The number of hydrogen-bond donors (Lipinski definition) is 1. The van der Waals surface area contributed by atoms with Crippen molar-refractivity contribution in [2.45, 2.75) is 32.6 Å². The van der Waals surface area contributed by atoms with Crippen LogP contribution in [0, 0.1) is 5.92 Å². The molecule has 0 spiro atoms. The van der Waals surface area contributed by atoms with E-state index in [9.17, 15) is 9.67 Å². The average Bonchev–Trinajstić information content (AvgIpc) is 3.21. The maximum atomic E-state index is 12.7. The Morgan fingerprint density at radius 2 is 1.95 bits per heavy atom. The molecule has 0 bridgehead atoms. The minimum absolute atomic E-state index is 0.131. The maximum Gasteiger partial charge on any atom is 0.331 e. The van der Waals surface area contributed by atoms with Crippen LogP contribution in [-0.2, 0) is 13.6 Å². The lowest BCUT2D eigenvalue weighted by Crippen LogP contribution is -2.11. The zero-order valence-corrected chi connectivity index (χ0v) is 13.0. The van der Waals surface area contributed by atoms with Crippen molar-refractivity contribution in [3.05, 3.63) is 29.8 Å². The molecule has 1 aliphatic carbocycles. The van der Waals surface area contributed by atoms with Gasteiger partial charge in [-0.3, -0.25) is 4.57 Å². The van der Waals surface area contributed by atoms with Gasteiger partial charge in [0.15, 0.2) is 0 Å². The van der Waals surface area contributed by atoms with Gasteiger partial charge in [-0.05, 0) is 56.2 Å². The Hall–Kier alpha value is -0.830. The summed E-state index contributed by atoms with van der Waals surface area (Å²) in [5, 5.41) is 9.64. The van der Waals surface area contributed by atoms with Gasteiger partial charge in [-0.2, -0.15) is 0 Å². The Labute approximate surface area is 120 Å². The second-order valence-corrected chi connectivity index (χ2v) is 7.27. The first-order valence-electron chi connectivity index (χ1n) is 7.25. The van der Waals surface area contributed by atoms with E-state index < -0.39 is 7.60 Å². The predicted molar refractivity (Wildman–Crippen MR) is 79.3 cm³/mol. The molecule has 1 unspecified atom stereocenters. The molecule has 112 valence electrons. The Balaban J connectivity index is 2.18. The van der Waals surface area contributed by atoms with E-state index in [1.165, 1.54) is 0 Å². The van der Waals surface area contributed by atoms with Crippen molar-refractivity contribution in [2.24, 2.45) is 5.92 Å². The van der Waals surface area contributed by atoms with Crippen LogP contribution in [0.25, 0.3) is 0 Å². The van der Waals surface area contributed by atoms with Crippen molar-refractivity contribution in [3.8, 4) is 5.75 Å². The van der Waals surface area contributed by atoms with Gasteiger partial charge < -0.3 is 14.2 Å². The molecule has 1 atom stereocenters. The number of rotatable bonds is 8. The third-order valence-corrected chi connectivity index (χ3v) is 5.71. The number of hydrogen-bond acceptors (Lipinski definition) is 4. The SMILES string of the molecule is CCOP(=O)(CC(c1cccc(O)c1)C1CC1)OCC. The fourth-order valence-electron chi connectivity index (χ4n) is 2.56. The molecule has 0 aromatic heterocycles. The van der Waals surface area contributed by atoms with Crippen molar-refractivity contribution in [1.82, 2.24) is 0 Å². The van der Waals surface area contributed by atoms with Crippen LogP contribution in [0.2, 0.25) is 0 Å². The lowest BCUT2D eigenvalue weighted by atomic mass is 9.96. The highest BCUT2D eigenvalue weighted by Crippen LogP contribution is 2.56. The minimum atomic E-state index is -3.05. The molecule has 1 N–H and O–H groups in total. The molecule has 2 rings (SSSR count). The van der Waals surface area contributed by atoms with Crippen LogP contribution >= 0.6 is 7.60 Å². The van der Waals surface area contributed by atoms with E-state index in [2.05, 4.69) is 0 Å². The first kappa shape index (κ1) is 15.6. The molecule has 0 aliphatic heterocycles. The monoisotopic (exact) mass is 298 g/mol. The van der Waals surface area contributed by atoms with Crippen molar-refractivity contribution >= 4 is 7.60 Å². The third kappa shape index (κ3) is 4.08. The lowest BCUT2D eigenvalue weighted by molar-refractivity contribution is 0.217. The molecule has 4 nitrogen and oxygen atoms in total. The van der Waals surface area contributed by atoms with Crippen LogP contribution in [0.3, 0.4) is 0 Å². The highest BCUT2D eigenvalue weighted by molar-refractivity contribution is 7.53. The van der Waals surface area contributed by atoms with Crippen LogP contribution in [-0.4, -0.2) is 24.5 Å². The zero-order chi connectivity index (χ0) is 14.6. The van der Waals surface area contributed by atoms with Crippen LogP contribution in [0.15, 0.2) is 24.3 Å². The van der Waals surface area contributed by atoms with Crippen molar-refractivity contribution in [3.63, 3.8) is 0 Å². The molecule has 0 amide bonds. The van der Waals surface area contributed by atoms with Crippen molar-refractivity contribution in [1.29, 1.82) is 0 Å². The number of phenols is 1. The molecule has 0 heterocycles. The van der Waals surface area contributed by atoms with Gasteiger partial charge in [0.1, 0.15) is 5.75 Å². The van der Waals surface area contributed by atoms with Crippen LogP contribution in [0.5, 0.6) is 5.75 Å². The largest absolute Gasteiger partial charge is 0.508 e. The smallest absolute Gasteiger partial charge is 0.331 e. The fourth-order valence-corrected chi connectivity index (χ4v) is 4.62. The first-order valence-corrected chi connectivity index (χ1v) is 8.98. The number of phenolic OH excluding ortho intramolecular Hbond substituents is 1. The Kier molecular flexibility index (Phi) is 5.25. The third-order valence-electron chi connectivity index (χ3n) is 3.56. The van der Waals surface area contributed by atoms with Crippen LogP contribution in [0.4, 0.5) is 0 Å². The van der Waals surface area contributed by atoms with E-state index in [0.717, 1.165) is 18.4 Å². The predicted octanol–water partition coefficient (Wildman–Crippen LogP) is 4.15. The average molecular weight is 298 g/mol. The highest BCUT2D eigenvalue weighted by Gasteiger charge is 2.38. The van der Waals surface area contributed by atoms with E-state index >= 15 is 0 Å². The normalized spacial score (nSPS) is 17.1. The van der Waals surface area contributed by atoms with Gasteiger partial charge in [0.2, 0.25) is 0 Å². The second kappa shape index (κ2) is 6.75. The summed E-state index contributed by atoms with van der Waals surface area (Å²) in [6.45, 7) is 4.42. The summed E-state index contributed by atoms with van der Waals surface area (Å²) in [6, 6.07) is 7.21. The van der Waals surface area contributed by atoms with Crippen LogP contribution in [0.1, 0.15) is 38.2 Å². The highest BCUT2D eigenvalue weighted by atomic mass is 31.2. The Morgan fingerprint density at radius 3 is 2.45 bits per heavy atom. The summed E-state index contributed by atoms with van der Waals surface area (Å²) < 4.78 is 23.5. The lowest BCUT2D eigenvalue weighted by Gasteiger charge is -2.23. The van der Waals surface area contributed by atoms with Gasteiger partial charge in [-0.1, -0.05) is 12.1 Å². The molecular formula is C15H23O4P. The van der Waals surface area contributed by atoms with Crippen molar-refractivity contribution in [2.75, 3.05) is 19.4 Å². The fraction of sp³-hybridized carbons (Fsp3) is 0.600. The summed E-state index contributed by atoms with van der Waals surface area (Å²) in [5.74, 6) is 0.896. The van der Waals surface area contributed by atoms with Crippen LogP contribution < -0.4 is 0 Å². The van der Waals surface area contributed by atoms with E-state index in [-0.39, 0.29) is 11.7 Å². The topological polar surface area (TPSA) is 55.8 Å². The number of aromatic hydroxyl groups is 1. The standard InChI is InChI=1S/C15H23O4P/c1-3-18-20(17,19-4-2)11-15(12-8-9-12)13-6-5-7-14(16)10-13/h5-7,10,12,15-16H,3-4,8-9,11H2,1-2H3. The quantitative estimate of drug-likeness (QED) is 0.732. The summed E-state index contributed by atoms with van der Waals surface area (Å²) in [4.78, 5) is 0. The molecule has 1 aliphatic rings. The van der Waals surface area contributed by atoms with E-state index in [1.54, 1.807) is 12.1 Å². The molecular weight excluding hydrogens is 275 g/mol. The minimum Gasteiger partial charge on any atom is -0.508 e. The molecule has 1 aromatic rings. The van der Waals surface area contributed by atoms with E-state index in [0.29, 0.717) is 25.3 Å². The zero-order valence-electron chi connectivity index (χ0n) is 12.1. The van der Waals surface area contributed by atoms with E-state index in [1.807, 2.05) is 26.0 Å². The molecule has 0 radical (unpaired) electrons. The van der Waals surface area contributed by atoms with Gasteiger partial charge >= 0.3 is 7.60 Å². The second-order valence-electron chi connectivity index (χ2n) is 5.17. The molecule has 1 aromatic carbocycles. The summed E-state index contributed by atoms with van der Waals surface area (Å²) in [6.07, 6.45) is 2.67. The van der Waals surface area contributed by atoms with Gasteiger partial charge in [-0.25, -0.2) is 0 Å². The van der Waals surface area contributed by atoms with Crippen molar-refractivity contribution < 1.29 is 18.7 Å². The van der Waals surface area contributed by atoms with Gasteiger partial charge in [0.05, 0.1) is 19.4 Å². The van der Waals surface area contributed by atoms with Gasteiger partial charge in [-0.15, -0.1) is 0 Å². The molecule has 1 fully saturated rings. The Morgan fingerprint density at radius 1 is 1.30 bits per heavy atom. The first-order chi connectivity index (χ1) is 9.58. The summed E-state index contributed by atoms with van der Waals surface area (Å²) >= 11 is 0. The molecule has 0 saturated heterocycles. The Bertz CT molecular complexity index is 475. The maximum absolute atomic E-state index is 12.7. The van der Waals surface area contributed by atoms with E-state index in [4.69, 9.17) is 9.05 Å². The number of benzene rings is 1. The molecule has 5 heteroatoms. The van der Waals surface area contributed by atoms with Gasteiger partial charge in [0.25, 0.3) is 0 Å². The summed E-state index contributed by atoms with van der Waals surface area (Å²) in [5.41, 5.74) is 1.02. The summed E-state index contributed by atoms with van der Waals surface area (Å²) in [7, 11) is -3.05.